The second-order valence-electron chi connectivity index (χ2n) is 5.43. The third-order valence-corrected chi connectivity index (χ3v) is 3.79. The van der Waals surface area contributed by atoms with Crippen molar-refractivity contribution in [2.45, 2.75) is 6.54 Å². The molecule has 24 heavy (non-hydrogen) atoms. The van der Waals surface area contributed by atoms with Gasteiger partial charge in [-0.15, -0.1) is 0 Å². The molecule has 0 unspecified atom stereocenters. The number of hydrogen-bond donors (Lipinski definition) is 1. The van der Waals surface area contributed by atoms with Gasteiger partial charge in [-0.1, -0.05) is 23.7 Å². The lowest BCUT2D eigenvalue weighted by Gasteiger charge is -2.05. The van der Waals surface area contributed by atoms with Gasteiger partial charge in [0.2, 0.25) is 5.95 Å². The minimum absolute atomic E-state index is 0.503. The number of anilines is 2. The van der Waals surface area contributed by atoms with Crippen LogP contribution in [-0.4, -0.2) is 29.5 Å². The molecule has 0 amide bonds. The zero-order valence-electron chi connectivity index (χ0n) is 12.9. The molecule has 0 aliphatic heterocycles. The van der Waals surface area contributed by atoms with Crippen LogP contribution < -0.4 is 5.32 Å². The summed E-state index contributed by atoms with van der Waals surface area (Å²) in [5.74, 6) is 0.503. The molecule has 1 N–H and O–H groups in total. The van der Waals surface area contributed by atoms with Gasteiger partial charge in [-0.3, -0.25) is 4.68 Å². The van der Waals surface area contributed by atoms with Crippen molar-refractivity contribution in [2.75, 3.05) is 5.32 Å². The minimum atomic E-state index is 0.503. The second kappa shape index (κ2) is 5.93. The van der Waals surface area contributed by atoms with Crippen LogP contribution in [0, 0.1) is 0 Å². The molecule has 3 heterocycles. The van der Waals surface area contributed by atoms with Crippen LogP contribution >= 0.6 is 11.6 Å². The highest BCUT2D eigenvalue weighted by Gasteiger charge is 2.08. The Hall–Kier alpha value is -2.93. The van der Waals surface area contributed by atoms with E-state index >= 15 is 0 Å². The lowest BCUT2D eigenvalue weighted by molar-refractivity contribution is 0.704. The molecule has 0 radical (unpaired) electrons. The van der Waals surface area contributed by atoms with E-state index in [-0.39, 0.29) is 0 Å². The van der Waals surface area contributed by atoms with Crippen LogP contribution in [-0.2, 0) is 13.6 Å². The summed E-state index contributed by atoms with van der Waals surface area (Å²) >= 11 is 6.05. The van der Waals surface area contributed by atoms with Gasteiger partial charge in [0, 0.05) is 24.5 Å². The molecule has 1 aromatic carbocycles. The van der Waals surface area contributed by atoms with E-state index in [1.165, 1.54) is 0 Å². The Morgan fingerprint density at radius 2 is 2.08 bits per heavy atom. The molecule has 0 atom stereocenters. The van der Waals surface area contributed by atoms with E-state index in [4.69, 9.17) is 11.6 Å². The largest absolute Gasteiger partial charge is 0.321 e. The van der Waals surface area contributed by atoms with E-state index in [9.17, 15) is 0 Å². The Bertz CT molecular complexity index is 1000. The number of aryl methyl sites for hydroxylation is 1. The highest BCUT2D eigenvalue weighted by atomic mass is 35.5. The average Bonchev–Trinajstić information content (AvgIpc) is 3.14. The molecule has 0 aliphatic rings. The van der Waals surface area contributed by atoms with Gasteiger partial charge in [0.1, 0.15) is 0 Å². The topological polar surface area (TPSA) is 73.5 Å². The Balaban J connectivity index is 1.65. The highest BCUT2D eigenvalue weighted by molar-refractivity contribution is 6.30. The molecule has 120 valence electrons. The maximum atomic E-state index is 6.05. The number of aromatic nitrogens is 6. The van der Waals surface area contributed by atoms with E-state index in [1.54, 1.807) is 23.3 Å². The Morgan fingerprint density at radius 1 is 1.17 bits per heavy atom. The summed E-state index contributed by atoms with van der Waals surface area (Å²) in [7, 11) is 1.86. The van der Waals surface area contributed by atoms with Gasteiger partial charge >= 0.3 is 0 Å². The van der Waals surface area contributed by atoms with Gasteiger partial charge in [-0.25, -0.2) is 9.67 Å². The van der Waals surface area contributed by atoms with Crippen molar-refractivity contribution in [3.8, 4) is 0 Å². The second-order valence-corrected chi connectivity index (χ2v) is 5.87. The molecule has 3 aromatic heterocycles. The normalized spacial score (nSPS) is 11.1. The first-order valence-electron chi connectivity index (χ1n) is 7.36. The molecule has 7 nitrogen and oxygen atoms in total. The average molecular weight is 340 g/mol. The standard InChI is InChI=1S/C16H14ClN7/c1-23-10-14(8-19-23)21-16-18-6-12-7-20-24(15(12)22-16)9-11-3-2-4-13(17)5-11/h2-8,10H,9H2,1H3,(H,18,21,22). The van der Waals surface area contributed by atoms with Crippen molar-refractivity contribution in [2.24, 2.45) is 7.05 Å². The molecule has 4 rings (SSSR count). The summed E-state index contributed by atoms with van der Waals surface area (Å²) in [5.41, 5.74) is 2.65. The lowest BCUT2D eigenvalue weighted by Crippen LogP contribution is -2.04. The van der Waals surface area contributed by atoms with Crippen LogP contribution in [0.25, 0.3) is 11.0 Å². The summed E-state index contributed by atoms with van der Waals surface area (Å²) in [5, 5.41) is 13.2. The summed E-state index contributed by atoms with van der Waals surface area (Å²) in [4.78, 5) is 8.88. The number of nitrogens with zero attached hydrogens (tertiary/aromatic N) is 6. The third kappa shape index (κ3) is 2.93. The molecule has 4 aromatic rings. The Labute approximate surface area is 142 Å². The van der Waals surface area contributed by atoms with Crippen molar-refractivity contribution >= 4 is 34.3 Å². The fraction of sp³-hybridized carbons (Fsp3) is 0.125. The van der Waals surface area contributed by atoms with Crippen molar-refractivity contribution in [3.63, 3.8) is 0 Å². The SMILES string of the molecule is Cn1cc(Nc2ncc3cnn(Cc4cccc(Cl)c4)c3n2)cn1. The van der Waals surface area contributed by atoms with E-state index in [0.717, 1.165) is 22.3 Å². The smallest absolute Gasteiger partial charge is 0.229 e. The van der Waals surface area contributed by atoms with Crippen LogP contribution in [0.15, 0.2) is 49.1 Å². The first kappa shape index (κ1) is 14.6. The van der Waals surface area contributed by atoms with Gasteiger partial charge < -0.3 is 5.32 Å². The Kier molecular flexibility index (Phi) is 3.62. The molecule has 0 saturated heterocycles. The monoisotopic (exact) mass is 339 g/mol. The predicted molar refractivity (Wildman–Crippen MR) is 92.4 cm³/mol. The van der Waals surface area contributed by atoms with Crippen molar-refractivity contribution in [3.05, 3.63) is 59.6 Å². The third-order valence-electron chi connectivity index (χ3n) is 3.56. The van der Waals surface area contributed by atoms with Crippen LogP contribution in [0.4, 0.5) is 11.6 Å². The van der Waals surface area contributed by atoms with E-state index < -0.39 is 0 Å². The molecule has 0 aliphatic carbocycles. The van der Waals surface area contributed by atoms with Crippen LogP contribution in [0.2, 0.25) is 5.02 Å². The molecular weight excluding hydrogens is 326 g/mol. The molecule has 0 bridgehead atoms. The molecule has 0 spiro atoms. The number of fused-ring (bicyclic) bond motifs is 1. The molecule has 0 saturated carbocycles. The highest BCUT2D eigenvalue weighted by Crippen LogP contribution is 2.18. The van der Waals surface area contributed by atoms with Crippen molar-refractivity contribution in [1.82, 2.24) is 29.5 Å². The fourth-order valence-corrected chi connectivity index (χ4v) is 2.68. The van der Waals surface area contributed by atoms with E-state index in [1.807, 2.05) is 42.2 Å². The fourth-order valence-electron chi connectivity index (χ4n) is 2.47. The van der Waals surface area contributed by atoms with Crippen molar-refractivity contribution in [1.29, 1.82) is 0 Å². The van der Waals surface area contributed by atoms with Crippen molar-refractivity contribution < 1.29 is 0 Å². The summed E-state index contributed by atoms with van der Waals surface area (Å²) in [6, 6.07) is 7.71. The van der Waals surface area contributed by atoms with Crippen LogP contribution in [0.1, 0.15) is 5.56 Å². The van der Waals surface area contributed by atoms with Crippen LogP contribution in [0.5, 0.6) is 0 Å². The maximum Gasteiger partial charge on any atom is 0.229 e. The van der Waals surface area contributed by atoms with E-state index in [2.05, 4.69) is 25.5 Å². The van der Waals surface area contributed by atoms with Gasteiger partial charge in [0.25, 0.3) is 0 Å². The first-order valence-corrected chi connectivity index (χ1v) is 7.74. The zero-order valence-corrected chi connectivity index (χ0v) is 13.6. The summed E-state index contributed by atoms with van der Waals surface area (Å²) in [6.45, 7) is 0.591. The van der Waals surface area contributed by atoms with Gasteiger partial charge in [0.05, 0.1) is 30.0 Å². The maximum absolute atomic E-state index is 6.05. The number of hydrogen-bond acceptors (Lipinski definition) is 5. The van der Waals surface area contributed by atoms with Gasteiger partial charge in [0.15, 0.2) is 5.65 Å². The summed E-state index contributed by atoms with van der Waals surface area (Å²) in [6.07, 6.45) is 7.09. The van der Waals surface area contributed by atoms with Crippen LogP contribution in [0.3, 0.4) is 0 Å². The number of rotatable bonds is 4. The van der Waals surface area contributed by atoms with Gasteiger partial charge in [-0.05, 0) is 17.7 Å². The number of halogens is 1. The molecule has 8 heteroatoms. The number of nitrogens with one attached hydrogen (secondary N) is 1. The Morgan fingerprint density at radius 3 is 2.88 bits per heavy atom. The zero-order chi connectivity index (χ0) is 16.5. The molecule has 0 fully saturated rings. The summed E-state index contributed by atoms with van der Waals surface area (Å²) < 4.78 is 3.54. The minimum Gasteiger partial charge on any atom is -0.321 e. The lowest BCUT2D eigenvalue weighted by atomic mass is 10.2. The van der Waals surface area contributed by atoms with Gasteiger partial charge in [-0.2, -0.15) is 15.2 Å². The van der Waals surface area contributed by atoms with E-state index in [0.29, 0.717) is 17.5 Å². The first-order chi connectivity index (χ1) is 11.7. The quantitative estimate of drug-likeness (QED) is 0.618. The number of benzene rings is 1. The predicted octanol–water partition coefficient (Wildman–Crippen LogP) is 3.01. The molecular formula is C16H14ClN7.